The summed E-state index contributed by atoms with van der Waals surface area (Å²) in [5, 5.41) is 8.91. The Hall–Kier alpha value is -2.58. The normalized spacial score (nSPS) is 10.5. The highest BCUT2D eigenvalue weighted by Crippen LogP contribution is 2.26. The largest absolute Gasteiger partial charge is 0.331 e. The molecule has 3 rings (SSSR count). The van der Waals surface area contributed by atoms with E-state index >= 15 is 0 Å². The molecule has 0 saturated heterocycles. The molecule has 1 N–H and O–H groups in total. The third-order valence-electron chi connectivity index (χ3n) is 3.33. The van der Waals surface area contributed by atoms with Gasteiger partial charge in [-0.15, -0.1) is 11.3 Å². The van der Waals surface area contributed by atoms with Crippen molar-refractivity contribution in [1.82, 2.24) is 9.88 Å². The van der Waals surface area contributed by atoms with E-state index in [9.17, 15) is 14.0 Å². The number of anilines is 1. The molecule has 0 aliphatic heterocycles. The Kier molecular flexibility index (Phi) is 5.20. The number of hydrogen-bond donors (Lipinski definition) is 1. The Morgan fingerprint density at radius 3 is 2.84 bits per heavy atom. The first-order chi connectivity index (χ1) is 12.0. The van der Waals surface area contributed by atoms with Crippen LogP contribution in [0.3, 0.4) is 0 Å². The van der Waals surface area contributed by atoms with Crippen LogP contribution in [-0.2, 0) is 4.79 Å². The number of carbonyl (C=O) groups is 2. The molecular weight excluding hydrogens is 361 g/mol. The van der Waals surface area contributed by atoms with Crippen molar-refractivity contribution in [3.63, 3.8) is 0 Å². The number of nitrogens with zero attached hydrogens (tertiary/aromatic N) is 2. The maximum absolute atomic E-state index is 13.1. The van der Waals surface area contributed by atoms with E-state index < -0.39 is 11.7 Å². The van der Waals surface area contributed by atoms with E-state index in [0.717, 1.165) is 10.6 Å². The van der Waals surface area contributed by atoms with Crippen LogP contribution in [0.4, 0.5) is 10.1 Å². The van der Waals surface area contributed by atoms with E-state index in [1.54, 1.807) is 22.8 Å². The summed E-state index contributed by atoms with van der Waals surface area (Å²) < 4.78 is 13.1. The topological polar surface area (TPSA) is 62.3 Å². The number of hydrogen-bond acceptors (Lipinski definition) is 5. The lowest BCUT2D eigenvalue weighted by molar-refractivity contribution is -0.116. The summed E-state index contributed by atoms with van der Waals surface area (Å²) >= 11 is 2.94. The van der Waals surface area contributed by atoms with Crippen molar-refractivity contribution in [2.45, 2.75) is 0 Å². The highest BCUT2D eigenvalue weighted by molar-refractivity contribution is 7.14. The number of amides is 2. The molecule has 0 aliphatic rings. The van der Waals surface area contributed by atoms with Gasteiger partial charge in [-0.2, -0.15) is 11.3 Å². The van der Waals surface area contributed by atoms with E-state index in [1.807, 2.05) is 16.8 Å². The molecule has 0 unspecified atom stereocenters. The van der Waals surface area contributed by atoms with Crippen molar-refractivity contribution < 1.29 is 14.0 Å². The predicted octanol–water partition coefficient (Wildman–Crippen LogP) is 3.72. The Morgan fingerprint density at radius 2 is 2.12 bits per heavy atom. The van der Waals surface area contributed by atoms with Gasteiger partial charge >= 0.3 is 0 Å². The van der Waals surface area contributed by atoms with Gasteiger partial charge in [-0.1, -0.05) is 6.07 Å². The fraction of sp³-hybridized carbons (Fsp3) is 0.118. The molecule has 0 spiro atoms. The van der Waals surface area contributed by atoms with Gasteiger partial charge in [0.05, 0.1) is 6.54 Å². The van der Waals surface area contributed by atoms with Crippen LogP contribution in [0.2, 0.25) is 0 Å². The maximum atomic E-state index is 13.1. The van der Waals surface area contributed by atoms with Crippen LogP contribution in [0.1, 0.15) is 10.5 Å². The van der Waals surface area contributed by atoms with Gasteiger partial charge in [0.15, 0.2) is 0 Å². The number of carbonyl (C=O) groups excluding carboxylic acids is 2. The summed E-state index contributed by atoms with van der Waals surface area (Å²) in [6, 6.07) is 7.53. The second kappa shape index (κ2) is 7.54. The van der Waals surface area contributed by atoms with Crippen LogP contribution in [-0.4, -0.2) is 35.3 Å². The smallest absolute Gasteiger partial charge is 0.273 e. The van der Waals surface area contributed by atoms with Gasteiger partial charge < -0.3 is 10.2 Å². The number of thiazole rings is 1. The monoisotopic (exact) mass is 375 g/mol. The van der Waals surface area contributed by atoms with E-state index in [0.29, 0.717) is 11.4 Å². The number of benzene rings is 1. The van der Waals surface area contributed by atoms with Crippen molar-refractivity contribution in [2.75, 3.05) is 18.9 Å². The summed E-state index contributed by atoms with van der Waals surface area (Å²) in [6.07, 6.45) is 0. The number of halogens is 1. The molecular formula is C17H14FN3O2S2. The van der Waals surface area contributed by atoms with Crippen LogP contribution < -0.4 is 5.32 Å². The van der Waals surface area contributed by atoms with E-state index in [-0.39, 0.29) is 12.5 Å². The lowest BCUT2D eigenvalue weighted by atomic mass is 10.3. The average Bonchev–Trinajstić information content (AvgIpc) is 3.25. The summed E-state index contributed by atoms with van der Waals surface area (Å²) in [5.41, 5.74) is 1.62. The maximum Gasteiger partial charge on any atom is 0.273 e. The number of aromatic nitrogens is 1. The molecule has 3 aromatic rings. The zero-order valence-corrected chi connectivity index (χ0v) is 14.9. The first-order valence-electron chi connectivity index (χ1n) is 7.32. The Balaban J connectivity index is 1.61. The number of nitrogens with one attached hydrogen (secondary N) is 1. The highest BCUT2D eigenvalue weighted by atomic mass is 32.1. The molecule has 1 aromatic carbocycles. The fourth-order valence-corrected chi connectivity index (χ4v) is 3.65. The molecule has 0 aliphatic carbocycles. The van der Waals surface area contributed by atoms with Crippen molar-refractivity contribution >= 4 is 40.2 Å². The molecule has 2 heterocycles. The minimum absolute atomic E-state index is 0.152. The van der Waals surface area contributed by atoms with Crippen LogP contribution >= 0.6 is 22.7 Å². The summed E-state index contributed by atoms with van der Waals surface area (Å²) in [5.74, 6) is -1.19. The van der Waals surface area contributed by atoms with Crippen LogP contribution in [0.25, 0.3) is 10.6 Å². The standard InChI is InChI=1S/C17H14FN3O2S2/c1-21(8-15(22)19-13-4-2-3-12(18)7-13)17(23)14-10-25-16(20-14)11-5-6-24-9-11/h2-7,9-10H,8H2,1H3,(H,19,22). The van der Waals surface area contributed by atoms with Gasteiger partial charge in [0.1, 0.15) is 16.5 Å². The zero-order valence-electron chi connectivity index (χ0n) is 13.2. The molecule has 0 saturated carbocycles. The summed E-state index contributed by atoms with van der Waals surface area (Å²) in [4.78, 5) is 30.0. The molecule has 0 fully saturated rings. The van der Waals surface area contributed by atoms with Gasteiger partial charge in [0.2, 0.25) is 5.91 Å². The molecule has 2 amide bonds. The van der Waals surface area contributed by atoms with Crippen molar-refractivity contribution in [3.05, 3.63) is 58.0 Å². The predicted molar refractivity (Wildman–Crippen MR) is 97.4 cm³/mol. The minimum atomic E-state index is -0.439. The number of rotatable bonds is 5. The summed E-state index contributed by atoms with van der Waals surface area (Å²) in [7, 11) is 1.52. The summed E-state index contributed by atoms with van der Waals surface area (Å²) in [6.45, 7) is -0.152. The Morgan fingerprint density at radius 1 is 1.28 bits per heavy atom. The molecule has 0 radical (unpaired) electrons. The zero-order chi connectivity index (χ0) is 17.8. The first-order valence-corrected chi connectivity index (χ1v) is 9.14. The minimum Gasteiger partial charge on any atom is -0.331 e. The van der Waals surface area contributed by atoms with Crippen LogP contribution in [0, 0.1) is 5.82 Å². The third kappa shape index (κ3) is 4.28. The molecule has 0 bridgehead atoms. The molecule has 5 nitrogen and oxygen atoms in total. The van der Waals surface area contributed by atoms with Gasteiger partial charge in [-0.3, -0.25) is 9.59 Å². The second-order valence-corrected chi connectivity index (χ2v) is 6.91. The van der Waals surface area contributed by atoms with Crippen molar-refractivity contribution in [3.8, 4) is 10.6 Å². The number of likely N-dealkylation sites (N-methyl/N-ethyl adjacent to an activating group) is 1. The lowest BCUT2D eigenvalue weighted by Gasteiger charge is -2.15. The number of thiophene rings is 1. The highest BCUT2D eigenvalue weighted by Gasteiger charge is 2.18. The lowest BCUT2D eigenvalue weighted by Crippen LogP contribution is -2.35. The average molecular weight is 375 g/mol. The quantitative estimate of drug-likeness (QED) is 0.739. The van der Waals surface area contributed by atoms with Gasteiger partial charge in [0.25, 0.3) is 5.91 Å². The van der Waals surface area contributed by atoms with E-state index in [2.05, 4.69) is 10.3 Å². The SMILES string of the molecule is CN(CC(=O)Nc1cccc(F)c1)C(=O)c1csc(-c2ccsc2)n1. The van der Waals surface area contributed by atoms with Gasteiger partial charge in [-0.05, 0) is 29.6 Å². The van der Waals surface area contributed by atoms with Gasteiger partial charge in [0, 0.05) is 29.1 Å². The molecule has 0 atom stereocenters. The fourth-order valence-electron chi connectivity index (χ4n) is 2.14. The van der Waals surface area contributed by atoms with Gasteiger partial charge in [-0.25, -0.2) is 9.37 Å². The van der Waals surface area contributed by atoms with Crippen LogP contribution in [0.15, 0.2) is 46.5 Å². The molecule has 128 valence electrons. The van der Waals surface area contributed by atoms with Crippen LogP contribution in [0.5, 0.6) is 0 Å². The Bertz CT molecular complexity index is 893. The third-order valence-corrected chi connectivity index (χ3v) is 4.90. The van der Waals surface area contributed by atoms with Crippen molar-refractivity contribution in [1.29, 1.82) is 0 Å². The van der Waals surface area contributed by atoms with Crippen molar-refractivity contribution in [2.24, 2.45) is 0 Å². The second-order valence-electron chi connectivity index (χ2n) is 5.27. The van der Waals surface area contributed by atoms with E-state index in [4.69, 9.17) is 0 Å². The van der Waals surface area contributed by atoms with E-state index in [1.165, 1.54) is 41.5 Å². The molecule has 25 heavy (non-hydrogen) atoms. The molecule has 8 heteroatoms. The first kappa shape index (κ1) is 17.2. The molecule has 2 aromatic heterocycles. The Labute approximate surface area is 151 Å².